The van der Waals surface area contributed by atoms with Crippen LogP contribution in [0.25, 0.3) is 10.8 Å². The number of aromatic nitrogens is 2. The van der Waals surface area contributed by atoms with Crippen LogP contribution in [-0.4, -0.2) is 24.5 Å². The summed E-state index contributed by atoms with van der Waals surface area (Å²) in [4.78, 5) is 12.7. The summed E-state index contributed by atoms with van der Waals surface area (Å²) in [6, 6.07) is 20.7. The Hall–Kier alpha value is -3.52. The minimum Gasteiger partial charge on any atom is -0.407 e. The topological polar surface area (TPSA) is 102 Å². The summed E-state index contributed by atoms with van der Waals surface area (Å²) >= 11 is 0. The third kappa shape index (κ3) is 3.63. The number of nitrogens with one attached hydrogen (secondary N) is 1. The highest BCUT2D eigenvalue weighted by Crippen LogP contribution is 2.20. The quantitative estimate of drug-likeness (QED) is 0.557. The van der Waals surface area contributed by atoms with Crippen LogP contribution in [-0.2, 0) is 15.6 Å². The van der Waals surface area contributed by atoms with E-state index in [1.165, 1.54) is 12.1 Å². The molecule has 1 heterocycles. The van der Waals surface area contributed by atoms with Crippen molar-refractivity contribution in [2.45, 2.75) is 10.6 Å². The number of rotatable bonds is 5. The summed E-state index contributed by atoms with van der Waals surface area (Å²) in [5, 5.41) is 11.7. The summed E-state index contributed by atoms with van der Waals surface area (Å²) < 4.78 is 30.1. The first-order chi connectivity index (χ1) is 13.5. The fourth-order valence-electron chi connectivity index (χ4n) is 2.82. The summed E-state index contributed by atoms with van der Waals surface area (Å²) in [5.74, 6) is -0.969. The second-order valence-corrected chi connectivity index (χ2v) is 8.04. The van der Waals surface area contributed by atoms with Crippen LogP contribution in [0.1, 0.15) is 16.2 Å². The van der Waals surface area contributed by atoms with Gasteiger partial charge in [0.15, 0.2) is 9.84 Å². The van der Waals surface area contributed by atoms with Crippen LogP contribution in [0.4, 0.5) is 6.01 Å². The van der Waals surface area contributed by atoms with E-state index in [9.17, 15) is 13.2 Å². The fraction of sp³-hybridized carbons (Fsp3) is 0.0500. The fourth-order valence-corrected chi connectivity index (χ4v) is 4.00. The van der Waals surface area contributed by atoms with Crippen molar-refractivity contribution in [1.82, 2.24) is 10.2 Å². The third-order valence-corrected chi connectivity index (χ3v) is 5.75. The highest BCUT2D eigenvalue weighted by Gasteiger charge is 2.20. The smallest absolute Gasteiger partial charge is 0.322 e. The molecule has 0 spiro atoms. The molecular weight excluding hydrogens is 378 g/mol. The van der Waals surface area contributed by atoms with Gasteiger partial charge in [-0.2, -0.15) is 0 Å². The Morgan fingerprint density at radius 1 is 0.893 bits per heavy atom. The van der Waals surface area contributed by atoms with Crippen molar-refractivity contribution >= 4 is 32.5 Å². The molecule has 8 heteroatoms. The van der Waals surface area contributed by atoms with Crippen molar-refractivity contribution in [1.29, 1.82) is 0 Å². The normalized spacial score (nSPS) is 11.4. The number of hydrogen-bond donors (Lipinski definition) is 1. The summed E-state index contributed by atoms with van der Waals surface area (Å²) in [7, 11) is -3.62. The van der Waals surface area contributed by atoms with Crippen molar-refractivity contribution in [3.63, 3.8) is 0 Å². The molecule has 4 aromatic rings. The highest BCUT2D eigenvalue weighted by atomic mass is 32.2. The Morgan fingerprint density at radius 3 is 2.43 bits per heavy atom. The molecular formula is C20H15N3O4S. The van der Waals surface area contributed by atoms with Crippen LogP contribution >= 0.6 is 0 Å². The van der Waals surface area contributed by atoms with E-state index in [1.807, 2.05) is 30.3 Å². The van der Waals surface area contributed by atoms with Crippen LogP contribution in [0.15, 0.2) is 82.1 Å². The number of sulfone groups is 1. The Kier molecular flexibility index (Phi) is 4.62. The number of fused-ring (bicyclic) bond motifs is 1. The Bertz CT molecular complexity index is 1250. The van der Waals surface area contributed by atoms with Gasteiger partial charge in [-0.1, -0.05) is 59.7 Å². The van der Waals surface area contributed by atoms with Gasteiger partial charge in [0.1, 0.15) is 5.75 Å². The third-order valence-electron chi connectivity index (χ3n) is 4.14. The zero-order valence-electron chi connectivity index (χ0n) is 14.6. The molecule has 0 unspecified atom stereocenters. The first-order valence-electron chi connectivity index (χ1n) is 8.42. The lowest BCUT2D eigenvalue weighted by Gasteiger charge is -2.05. The summed E-state index contributed by atoms with van der Waals surface area (Å²) in [5.41, 5.74) is 0.453. The molecule has 1 amide bonds. The molecule has 3 aromatic carbocycles. The molecule has 7 nitrogen and oxygen atoms in total. The number of carbonyl (C=O) groups excluding carboxylic acids is 1. The number of nitrogens with zero attached hydrogens (tertiary/aromatic N) is 2. The van der Waals surface area contributed by atoms with Crippen molar-refractivity contribution in [2.75, 3.05) is 5.32 Å². The average molecular weight is 393 g/mol. The maximum atomic E-state index is 12.6. The predicted molar refractivity (Wildman–Crippen MR) is 104 cm³/mol. The van der Waals surface area contributed by atoms with Crippen LogP contribution in [0.3, 0.4) is 0 Å². The van der Waals surface area contributed by atoms with Gasteiger partial charge in [0.05, 0.1) is 4.90 Å². The molecule has 1 N–H and O–H groups in total. The molecule has 0 saturated carbocycles. The predicted octanol–water partition coefficient (Wildman–Crippen LogP) is 3.45. The molecule has 1 aromatic heterocycles. The van der Waals surface area contributed by atoms with Crippen molar-refractivity contribution < 1.29 is 17.6 Å². The SMILES string of the molecule is O=C(Nc1nnc(CS(=O)(=O)c2ccccc2)o1)c1cccc2ccccc12. The molecule has 0 aliphatic carbocycles. The van der Waals surface area contributed by atoms with E-state index in [4.69, 9.17) is 4.42 Å². The van der Waals surface area contributed by atoms with E-state index >= 15 is 0 Å². The van der Waals surface area contributed by atoms with Crippen LogP contribution in [0.2, 0.25) is 0 Å². The van der Waals surface area contributed by atoms with Gasteiger partial charge < -0.3 is 4.42 Å². The number of amides is 1. The van der Waals surface area contributed by atoms with Crippen molar-refractivity contribution in [3.8, 4) is 0 Å². The minimum atomic E-state index is -3.62. The molecule has 28 heavy (non-hydrogen) atoms. The van der Waals surface area contributed by atoms with E-state index in [1.54, 1.807) is 30.3 Å². The maximum Gasteiger partial charge on any atom is 0.322 e. The molecule has 0 atom stereocenters. The van der Waals surface area contributed by atoms with Gasteiger partial charge in [0.2, 0.25) is 5.89 Å². The van der Waals surface area contributed by atoms with Crippen molar-refractivity contribution in [2.24, 2.45) is 0 Å². The maximum absolute atomic E-state index is 12.6. The zero-order chi connectivity index (χ0) is 19.6. The molecule has 140 valence electrons. The van der Waals surface area contributed by atoms with Gasteiger partial charge in [-0.05, 0) is 29.0 Å². The molecule has 0 radical (unpaired) electrons. The summed E-state index contributed by atoms with van der Waals surface area (Å²) in [6.07, 6.45) is 0. The zero-order valence-corrected chi connectivity index (χ0v) is 15.4. The molecule has 0 bridgehead atoms. The van der Waals surface area contributed by atoms with Gasteiger partial charge in [-0.3, -0.25) is 10.1 Å². The Labute approximate surface area is 160 Å². The van der Waals surface area contributed by atoms with E-state index in [-0.39, 0.29) is 16.8 Å². The van der Waals surface area contributed by atoms with Gasteiger partial charge >= 0.3 is 6.01 Å². The largest absolute Gasteiger partial charge is 0.407 e. The van der Waals surface area contributed by atoms with E-state index in [0.29, 0.717) is 5.56 Å². The number of anilines is 1. The van der Waals surface area contributed by atoms with Gasteiger partial charge in [0, 0.05) is 5.56 Å². The van der Waals surface area contributed by atoms with Gasteiger partial charge in [-0.25, -0.2) is 8.42 Å². The Balaban J connectivity index is 1.53. The first kappa shape index (κ1) is 17.9. The molecule has 0 fully saturated rings. The summed E-state index contributed by atoms with van der Waals surface area (Å²) in [6.45, 7) is 0. The second-order valence-electron chi connectivity index (χ2n) is 6.05. The number of carbonyl (C=O) groups is 1. The molecule has 0 aliphatic heterocycles. The lowest BCUT2D eigenvalue weighted by atomic mass is 10.0. The second kappa shape index (κ2) is 7.24. The van der Waals surface area contributed by atoms with E-state index in [2.05, 4.69) is 15.5 Å². The monoisotopic (exact) mass is 393 g/mol. The number of benzene rings is 3. The van der Waals surface area contributed by atoms with E-state index in [0.717, 1.165) is 10.8 Å². The Morgan fingerprint density at radius 2 is 1.61 bits per heavy atom. The standard InChI is InChI=1S/C20H15N3O4S/c24-19(17-12-6-8-14-7-4-5-11-16(14)17)21-20-23-22-18(27-20)13-28(25,26)15-9-2-1-3-10-15/h1-12H,13H2,(H,21,23,24). The van der Waals surface area contributed by atoms with E-state index < -0.39 is 21.5 Å². The van der Waals surface area contributed by atoms with Crippen LogP contribution in [0.5, 0.6) is 0 Å². The lowest BCUT2D eigenvalue weighted by molar-refractivity contribution is 0.102. The van der Waals surface area contributed by atoms with Crippen LogP contribution in [0, 0.1) is 0 Å². The molecule has 0 saturated heterocycles. The van der Waals surface area contributed by atoms with Gasteiger partial charge in [0.25, 0.3) is 5.91 Å². The molecule has 0 aliphatic rings. The first-order valence-corrected chi connectivity index (χ1v) is 10.1. The highest BCUT2D eigenvalue weighted by molar-refractivity contribution is 7.90. The van der Waals surface area contributed by atoms with Crippen LogP contribution < -0.4 is 5.32 Å². The molecule has 4 rings (SSSR count). The lowest BCUT2D eigenvalue weighted by Crippen LogP contribution is -2.12. The van der Waals surface area contributed by atoms with Crippen molar-refractivity contribution in [3.05, 3.63) is 84.3 Å². The minimum absolute atomic E-state index is 0.0999. The number of hydrogen-bond acceptors (Lipinski definition) is 6. The van der Waals surface area contributed by atoms with Gasteiger partial charge in [-0.15, -0.1) is 5.10 Å². The average Bonchev–Trinajstić information content (AvgIpc) is 3.14.